The molecule has 1 aromatic carbocycles. The first-order valence-electron chi connectivity index (χ1n) is 5.74. The monoisotopic (exact) mass is 305 g/mol. The molecule has 1 amide bonds. The van der Waals surface area contributed by atoms with Gasteiger partial charge in [0.1, 0.15) is 0 Å². The van der Waals surface area contributed by atoms with Crippen molar-refractivity contribution in [3.8, 4) is 0 Å². The fourth-order valence-corrected chi connectivity index (χ4v) is 1.98. The van der Waals surface area contributed by atoms with Crippen LogP contribution in [-0.2, 0) is 10.3 Å². The lowest BCUT2D eigenvalue weighted by Crippen LogP contribution is -2.51. The van der Waals surface area contributed by atoms with Crippen molar-refractivity contribution in [3.05, 3.63) is 34.9 Å². The molecule has 1 heterocycles. The minimum absolute atomic E-state index is 0.457. The van der Waals surface area contributed by atoms with E-state index in [4.69, 9.17) is 11.5 Å². The Morgan fingerprint density at radius 3 is 2.57 bits per heavy atom. The van der Waals surface area contributed by atoms with Gasteiger partial charge in [-0.3, -0.25) is 4.79 Å². The standard InChI is InChI=1S/C12H11F4N3O2/c1-11(12(15,16)4-21-10(18)19-11)6-2-5(9(17)20)3-7(13)8(6)14/h2-3H,4H2,1H3,(H2,17,20)(H2,18,19)/t11-/m1/s1. The molecule has 114 valence electrons. The van der Waals surface area contributed by atoms with Crippen LogP contribution in [0.15, 0.2) is 17.1 Å². The minimum atomic E-state index is -3.67. The number of hydrogen-bond acceptors (Lipinski definition) is 4. The van der Waals surface area contributed by atoms with E-state index in [2.05, 4.69) is 9.73 Å². The molecule has 0 spiro atoms. The fraction of sp³-hybridized carbons (Fsp3) is 0.333. The van der Waals surface area contributed by atoms with E-state index in [1.165, 1.54) is 0 Å². The van der Waals surface area contributed by atoms with Gasteiger partial charge in [-0.1, -0.05) is 0 Å². The molecular weight excluding hydrogens is 294 g/mol. The lowest BCUT2D eigenvalue weighted by Gasteiger charge is -2.37. The number of amidine groups is 1. The molecule has 0 saturated heterocycles. The van der Waals surface area contributed by atoms with Gasteiger partial charge >= 0.3 is 5.92 Å². The van der Waals surface area contributed by atoms with Gasteiger partial charge in [0.05, 0.1) is 0 Å². The number of amides is 1. The first-order chi connectivity index (χ1) is 9.58. The van der Waals surface area contributed by atoms with Crippen molar-refractivity contribution in [1.82, 2.24) is 0 Å². The topological polar surface area (TPSA) is 90.7 Å². The van der Waals surface area contributed by atoms with E-state index < -0.39 is 52.8 Å². The highest BCUT2D eigenvalue weighted by Gasteiger charge is 2.56. The number of halogens is 4. The maximum atomic E-state index is 14.1. The molecule has 0 fully saturated rings. The molecule has 1 aliphatic rings. The maximum absolute atomic E-state index is 14.1. The van der Waals surface area contributed by atoms with Crippen molar-refractivity contribution in [2.45, 2.75) is 18.4 Å². The Balaban J connectivity index is 2.74. The number of rotatable bonds is 2. The van der Waals surface area contributed by atoms with Crippen LogP contribution in [0.25, 0.3) is 0 Å². The van der Waals surface area contributed by atoms with Crippen molar-refractivity contribution >= 4 is 11.9 Å². The van der Waals surface area contributed by atoms with Crippen molar-refractivity contribution < 1.29 is 27.1 Å². The Morgan fingerprint density at radius 1 is 1.38 bits per heavy atom. The van der Waals surface area contributed by atoms with Crippen LogP contribution in [0.3, 0.4) is 0 Å². The second-order valence-electron chi connectivity index (χ2n) is 4.70. The summed E-state index contributed by atoms with van der Waals surface area (Å²) in [5, 5.41) is 0. The van der Waals surface area contributed by atoms with Crippen molar-refractivity contribution in [2.75, 3.05) is 6.61 Å². The predicted octanol–water partition coefficient (Wildman–Crippen LogP) is 1.26. The van der Waals surface area contributed by atoms with Gasteiger partial charge in [0.2, 0.25) is 5.91 Å². The van der Waals surface area contributed by atoms with Crippen LogP contribution in [0.1, 0.15) is 22.8 Å². The SMILES string of the molecule is C[C@]1(c2cc(C(N)=O)cc(F)c2F)N=C(N)OCC1(F)F. The summed E-state index contributed by atoms with van der Waals surface area (Å²) >= 11 is 0. The zero-order valence-corrected chi connectivity index (χ0v) is 10.8. The summed E-state index contributed by atoms with van der Waals surface area (Å²) in [6.07, 6.45) is 0. The smallest absolute Gasteiger partial charge is 0.310 e. The van der Waals surface area contributed by atoms with E-state index in [9.17, 15) is 22.4 Å². The molecule has 0 unspecified atom stereocenters. The molecule has 9 heteroatoms. The Hall–Kier alpha value is -2.32. The third-order valence-corrected chi connectivity index (χ3v) is 3.28. The van der Waals surface area contributed by atoms with Gasteiger partial charge < -0.3 is 16.2 Å². The van der Waals surface area contributed by atoms with Gasteiger partial charge in [-0.05, 0) is 19.1 Å². The lowest BCUT2D eigenvalue weighted by molar-refractivity contribution is -0.117. The van der Waals surface area contributed by atoms with Crippen LogP contribution in [-0.4, -0.2) is 24.5 Å². The molecule has 21 heavy (non-hydrogen) atoms. The molecule has 0 bridgehead atoms. The lowest BCUT2D eigenvalue weighted by atomic mass is 9.84. The summed E-state index contributed by atoms with van der Waals surface area (Å²) in [5.74, 6) is -7.80. The number of primary amides is 1. The summed E-state index contributed by atoms with van der Waals surface area (Å²) in [5.41, 5.74) is 6.40. The van der Waals surface area contributed by atoms with Crippen molar-refractivity contribution in [1.29, 1.82) is 0 Å². The molecule has 0 radical (unpaired) electrons. The number of aliphatic imine (C=N–C) groups is 1. The fourth-order valence-electron chi connectivity index (χ4n) is 1.98. The van der Waals surface area contributed by atoms with Gasteiger partial charge in [0, 0.05) is 11.1 Å². The van der Waals surface area contributed by atoms with Crippen LogP contribution >= 0.6 is 0 Å². The molecule has 1 atom stereocenters. The zero-order chi connectivity index (χ0) is 16.0. The average molecular weight is 305 g/mol. The Labute approximate surface area is 116 Å². The Bertz CT molecular complexity index is 648. The Morgan fingerprint density at radius 2 is 2.00 bits per heavy atom. The number of nitrogens with two attached hydrogens (primary N) is 2. The van der Waals surface area contributed by atoms with Crippen LogP contribution < -0.4 is 11.5 Å². The summed E-state index contributed by atoms with van der Waals surface area (Å²) < 4.78 is 60.0. The molecule has 5 nitrogen and oxygen atoms in total. The van der Waals surface area contributed by atoms with E-state index in [0.29, 0.717) is 6.07 Å². The highest BCUT2D eigenvalue weighted by molar-refractivity contribution is 5.93. The van der Waals surface area contributed by atoms with E-state index in [1.807, 2.05) is 0 Å². The molecule has 1 aromatic rings. The molecule has 1 aliphatic heterocycles. The van der Waals surface area contributed by atoms with Crippen LogP contribution in [0.5, 0.6) is 0 Å². The Kier molecular flexibility index (Phi) is 3.31. The van der Waals surface area contributed by atoms with Crippen LogP contribution in [0, 0.1) is 11.6 Å². The summed E-state index contributed by atoms with van der Waals surface area (Å²) in [6, 6.07) is 0.666. The minimum Gasteiger partial charge on any atom is -0.459 e. The summed E-state index contributed by atoms with van der Waals surface area (Å²) in [4.78, 5) is 14.5. The molecule has 2 rings (SSSR count). The quantitative estimate of drug-likeness (QED) is 0.806. The molecular formula is C12H11F4N3O2. The average Bonchev–Trinajstić information content (AvgIpc) is 2.37. The number of nitrogens with zero attached hydrogens (tertiary/aromatic N) is 1. The second kappa shape index (κ2) is 4.61. The third-order valence-electron chi connectivity index (χ3n) is 3.28. The largest absolute Gasteiger partial charge is 0.459 e. The third kappa shape index (κ3) is 2.28. The first kappa shape index (κ1) is 15.1. The van der Waals surface area contributed by atoms with Gasteiger partial charge in [0.25, 0.3) is 6.02 Å². The van der Waals surface area contributed by atoms with Gasteiger partial charge in [-0.2, -0.15) is 8.78 Å². The van der Waals surface area contributed by atoms with Crippen LogP contribution in [0.4, 0.5) is 17.6 Å². The van der Waals surface area contributed by atoms with E-state index in [-0.39, 0.29) is 0 Å². The molecule has 4 N–H and O–H groups in total. The number of carbonyl (C=O) groups is 1. The number of ether oxygens (including phenoxy) is 1. The second-order valence-corrected chi connectivity index (χ2v) is 4.70. The van der Waals surface area contributed by atoms with Crippen LogP contribution in [0.2, 0.25) is 0 Å². The number of alkyl halides is 2. The number of hydrogen-bond donors (Lipinski definition) is 2. The van der Waals surface area contributed by atoms with E-state index >= 15 is 0 Å². The zero-order valence-electron chi connectivity index (χ0n) is 10.8. The first-order valence-corrected chi connectivity index (χ1v) is 5.74. The van der Waals surface area contributed by atoms with E-state index in [0.717, 1.165) is 13.0 Å². The van der Waals surface area contributed by atoms with Crippen molar-refractivity contribution in [2.24, 2.45) is 16.5 Å². The highest BCUT2D eigenvalue weighted by atomic mass is 19.3. The van der Waals surface area contributed by atoms with E-state index in [1.54, 1.807) is 0 Å². The normalized spacial score (nSPS) is 24.1. The maximum Gasteiger partial charge on any atom is 0.310 e. The molecule has 0 saturated carbocycles. The number of carbonyl (C=O) groups excluding carboxylic acids is 1. The summed E-state index contributed by atoms with van der Waals surface area (Å²) in [7, 11) is 0. The molecule has 0 aliphatic carbocycles. The van der Waals surface area contributed by atoms with Crippen molar-refractivity contribution in [3.63, 3.8) is 0 Å². The summed E-state index contributed by atoms with van der Waals surface area (Å²) in [6.45, 7) is -0.286. The molecule has 0 aromatic heterocycles. The predicted molar refractivity (Wildman–Crippen MR) is 64.7 cm³/mol. The van der Waals surface area contributed by atoms with Gasteiger partial charge in [-0.25, -0.2) is 13.8 Å². The van der Waals surface area contributed by atoms with Gasteiger partial charge in [0.15, 0.2) is 23.8 Å². The highest BCUT2D eigenvalue weighted by Crippen LogP contribution is 2.44. The van der Waals surface area contributed by atoms with Gasteiger partial charge in [-0.15, -0.1) is 0 Å². The number of benzene rings is 1.